The molecule has 0 amide bonds. The molecule has 56 valence electrons. The van der Waals surface area contributed by atoms with Crippen LogP contribution in [0.1, 0.15) is 6.42 Å². The Kier molecular flexibility index (Phi) is 3.40. The molecule has 1 saturated heterocycles. The predicted molar refractivity (Wildman–Crippen MR) is 35.7 cm³/mol. The third-order valence-corrected chi connectivity index (χ3v) is 1.47. The van der Waals surface area contributed by atoms with Gasteiger partial charge in [-0.3, -0.25) is 0 Å². The highest BCUT2D eigenvalue weighted by atomic mass is 35.5. The zero-order valence-corrected chi connectivity index (χ0v) is 5.88. The van der Waals surface area contributed by atoms with Crippen LogP contribution in [0.25, 0.3) is 0 Å². The molecule has 0 radical (unpaired) electrons. The maximum Gasteiger partial charge on any atom is 0.119 e. The van der Waals surface area contributed by atoms with E-state index in [0.717, 1.165) is 6.54 Å². The quantitative estimate of drug-likeness (QED) is 0.563. The second-order valence-corrected chi connectivity index (χ2v) is 2.28. The SMILES string of the molecule is Cl.OC1(CF)CCNC1. The minimum absolute atomic E-state index is 0. The molecule has 0 bridgehead atoms. The van der Waals surface area contributed by atoms with Gasteiger partial charge in [0.15, 0.2) is 0 Å². The minimum Gasteiger partial charge on any atom is -0.386 e. The number of rotatable bonds is 1. The van der Waals surface area contributed by atoms with Gasteiger partial charge in [0.1, 0.15) is 12.3 Å². The Morgan fingerprint density at radius 1 is 1.67 bits per heavy atom. The van der Waals surface area contributed by atoms with Crippen LogP contribution in [0, 0.1) is 0 Å². The molecule has 1 aliphatic heterocycles. The molecule has 9 heavy (non-hydrogen) atoms. The smallest absolute Gasteiger partial charge is 0.119 e. The van der Waals surface area contributed by atoms with Crippen LogP contribution in [0.3, 0.4) is 0 Å². The Bertz CT molecular complexity index is 85.0. The molecule has 0 aromatic rings. The first-order valence-corrected chi connectivity index (χ1v) is 2.76. The van der Waals surface area contributed by atoms with Gasteiger partial charge in [-0.15, -0.1) is 12.4 Å². The van der Waals surface area contributed by atoms with Crippen molar-refractivity contribution in [3.63, 3.8) is 0 Å². The van der Waals surface area contributed by atoms with Gasteiger partial charge in [0, 0.05) is 6.54 Å². The Morgan fingerprint density at radius 3 is 2.56 bits per heavy atom. The van der Waals surface area contributed by atoms with Gasteiger partial charge in [-0.05, 0) is 13.0 Å². The second kappa shape index (κ2) is 3.34. The van der Waals surface area contributed by atoms with Crippen molar-refractivity contribution >= 4 is 12.4 Å². The van der Waals surface area contributed by atoms with E-state index in [9.17, 15) is 4.39 Å². The van der Waals surface area contributed by atoms with E-state index < -0.39 is 12.3 Å². The van der Waals surface area contributed by atoms with Gasteiger partial charge in [-0.2, -0.15) is 0 Å². The van der Waals surface area contributed by atoms with Gasteiger partial charge in [0.2, 0.25) is 0 Å². The number of aliphatic hydroxyl groups is 1. The topological polar surface area (TPSA) is 32.3 Å². The van der Waals surface area contributed by atoms with E-state index in [1.807, 2.05) is 0 Å². The predicted octanol–water partition coefficient (Wildman–Crippen LogP) is 0.102. The summed E-state index contributed by atoms with van der Waals surface area (Å²) in [7, 11) is 0. The summed E-state index contributed by atoms with van der Waals surface area (Å²) in [6.07, 6.45) is 0.545. The molecule has 0 aromatic carbocycles. The number of alkyl halides is 1. The van der Waals surface area contributed by atoms with Gasteiger partial charge in [0.05, 0.1) is 0 Å². The highest BCUT2D eigenvalue weighted by Gasteiger charge is 2.30. The van der Waals surface area contributed by atoms with Crippen molar-refractivity contribution < 1.29 is 9.50 Å². The van der Waals surface area contributed by atoms with Crippen LogP contribution in [0.15, 0.2) is 0 Å². The van der Waals surface area contributed by atoms with E-state index >= 15 is 0 Å². The fraction of sp³-hybridized carbons (Fsp3) is 1.00. The fourth-order valence-electron chi connectivity index (χ4n) is 0.845. The Balaban J connectivity index is 0.000000640. The average Bonchev–Trinajstić information content (AvgIpc) is 2.17. The highest BCUT2D eigenvalue weighted by Crippen LogP contribution is 2.13. The lowest BCUT2D eigenvalue weighted by atomic mass is 10.1. The molecule has 2 N–H and O–H groups in total. The number of hydrogen-bond acceptors (Lipinski definition) is 2. The molecule has 1 atom stereocenters. The maximum atomic E-state index is 11.8. The summed E-state index contributed by atoms with van der Waals surface area (Å²) in [5, 5.41) is 11.9. The molecule has 2 nitrogen and oxygen atoms in total. The Morgan fingerprint density at radius 2 is 2.33 bits per heavy atom. The maximum absolute atomic E-state index is 11.8. The van der Waals surface area contributed by atoms with Crippen molar-refractivity contribution in [2.45, 2.75) is 12.0 Å². The van der Waals surface area contributed by atoms with Gasteiger partial charge < -0.3 is 10.4 Å². The van der Waals surface area contributed by atoms with Crippen LogP contribution in [-0.2, 0) is 0 Å². The van der Waals surface area contributed by atoms with E-state index in [0.29, 0.717) is 13.0 Å². The van der Waals surface area contributed by atoms with Crippen molar-refractivity contribution in [3.8, 4) is 0 Å². The largest absolute Gasteiger partial charge is 0.386 e. The molecular weight excluding hydrogens is 145 g/mol. The van der Waals surface area contributed by atoms with Crippen molar-refractivity contribution in [2.24, 2.45) is 0 Å². The number of β-amino-alcohol motifs (C(OH)–C–C–N with tert-alkyl or cyclic N) is 1. The molecule has 0 spiro atoms. The summed E-state index contributed by atoms with van der Waals surface area (Å²) in [6.45, 7) is 0.518. The lowest BCUT2D eigenvalue weighted by Gasteiger charge is -2.14. The average molecular weight is 156 g/mol. The second-order valence-electron chi connectivity index (χ2n) is 2.28. The third-order valence-electron chi connectivity index (χ3n) is 1.47. The summed E-state index contributed by atoms with van der Waals surface area (Å²) < 4.78 is 11.8. The highest BCUT2D eigenvalue weighted by molar-refractivity contribution is 5.85. The monoisotopic (exact) mass is 155 g/mol. The van der Waals surface area contributed by atoms with Crippen LogP contribution < -0.4 is 5.32 Å². The summed E-state index contributed by atoms with van der Waals surface area (Å²) in [5.74, 6) is 0. The van der Waals surface area contributed by atoms with Crippen LogP contribution in [0.5, 0.6) is 0 Å². The molecular formula is C5H11ClFNO. The summed E-state index contributed by atoms with van der Waals surface area (Å²) in [5.41, 5.74) is -1.04. The number of hydrogen-bond donors (Lipinski definition) is 2. The van der Waals surface area contributed by atoms with Crippen LogP contribution in [-0.4, -0.2) is 30.5 Å². The van der Waals surface area contributed by atoms with E-state index in [4.69, 9.17) is 5.11 Å². The standard InChI is InChI=1S/C5H10FNO.ClH/c6-3-5(8)1-2-7-4-5;/h7-8H,1-4H2;1H. The lowest BCUT2D eigenvalue weighted by molar-refractivity contribution is 0.0350. The molecule has 1 rings (SSSR count). The molecule has 1 unspecified atom stereocenters. The summed E-state index contributed by atoms with van der Waals surface area (Å²) >= 11 is 0. The normalized spacial score (nSPS) is 34.0. The van der Waals surface area contributed by atoms with E-state index in [1.54, 1.807) is 0 Å². The molecule has 0 saturated carbocycles. The van der Waals surface area contributed by atoms with Crippen molar-refractivity contribution in [3.05, 3.63) is 0 Å². The van der Waals surface area contributed by atoms with Gasteiger partial charge in [-0.1, -0.05) is 0 Å². The number of nitrogens with one attached hydrogen (secondary N) is 1. The van der Waals surface area contributed by atoms with Crippen LogP contribution in [0.4, 0.5) is 4.39 Å². The Labute approximate surface area is 59.9 Å². The van der Waals surface area contributed by atoms with E-state index in [2.05, 4.69) is 5.32 Å². The first kappa shape index (κ1) is 9.14. The Hall–Kier alpha value is 0.140. The van der Waals surface area contributed by atoms with Gasteiger partial charge in [-0.25, -0.2) is 4.39 Å². The lowest BCUT2D eigenvalue weighted by Crippen LogP contribution is -2.33. The molecule has 4 heteroatoms. The summed E-state index contributed by atoms with van der Waals surface area (Å²) in [4.78, 5) is 0. The van der Waals surface area contributed by atoms with E-state index in [-0.39, 0.29) is 12.4 Å². The van der Waals surface area contributed by atoms with Gasteiger partial charge in [0.25, 0.3) is 0 Å². The van der Waals surface area contributed by atoms with Crippen molar-refractivity contribution in [1.29, 1.82) is 0 Å². The minimum atomic E-state index is -1.04. The number of halogens is 2. The fourth-order valence-corrected chi connectivity index (χ4v) is 0.845. The van der Waals surface area contributed by atoms with Crippen molar-refractivity contribution in [1.82, 2.24) is 5.32 Å². The van der Waals surface area contributed by atoms with Crippen LogP contribution in [0.2, 0.25) is 0 Å². The molecule has 0 aromatic heterocycles. The zero-order valence-electron chi connectivity index (χ0n) is 5.06. The first-order valence-electron chi connectivity index (χ1n) is 2.76. The van der Waals surface area contributed by atoms with Crippen LogP contribution >= 0.6 is 12.4 Å². The molecule has 0 aliphatic carbocycles. The van der Waals surface area contributed by atoms with Gasteiger partial charge >= 0.3 is 0 Å². The van der Waals surface area contributed by atoms with E-state index in [1.165, 1.54) is 0 Å². The summed E-state index contributed by atoms with van der Waals surface area (Å²) in [6, 6.07) is 0. The molecule has 1 heterocycles. The molecule has 1 fully saturated rings. The van der Waals surface area contributed by atoms with Crippen molar-refractivity contribution in [2.75, 3.05) is 19.8 Å². The zero-order chi connectivity index (χ0) is 6.04. The first-order chi connectivity index (χ1) is 3.77. The molecule has 1 aliphatic rings. The third kappa shape index (κ3) is 2.08.